The molecule has 1 aliphatic rings. The molecule has 0 saturated heterocycles. The summed E-state index contributed by atoms with van der Waals surface area (Å²) in [4.78, 5) is 12.7. The van der Waals surface area contributed by atoms with E-state index in [-0.39, 0.29) is 16.8 Å². The first-order chi connectivity index (χ1) is 10.8. The van der Waals surface area contributed by atoms with E-state index >= 15 is 0 Å². The zero-order valence-electron chi connectivity index (χ0n) is 14.1. The number of aryl methyl sites for hydroxylation is 1. The third-order valence-corrected chi connectivity index (χ3v) is 5.99. The lowest BCUT2D eigenvalue weighted by Gasteiger charge is -2.27. The van der Waals surface area contributed by atoms with Gasteiger partial charge in [0.25, 0.3) is 5.91 Å². The van der Waals surface area contributed by atoms with Crippen molar-refractivity contribution < 1.29 is 13.2 Å². The molecule has 1 aromatic carbocycles. The van der Waals surface area contributed by atoms with Gasteiger partial charge in [-0.1, -0.05) is 19.9 Å². The van der Waals surface area contributed by atoms with Gasteiger partial charge in [0.15, 0.2) is 0 Å². The number of sulfonamides is 1. The molecule has 0 unspecified atom stereocenters. The Balaban J connectivity index is 2.16. The topological polar surface area (TPSA) is 75.3 Å². The molecule has 1 saturated carbocycles. The number of carbonyl (C=O) groups is 1. The van der Waals surface area contributed by atoms with Gasteiger partial charge in [-0.2, -0.15) is 0 Å². The number of benzene rings is 1. The second kappa shape index (κ2) is 7.45. The molecule has 5 nitrogen and oxygen atoms in total. The third-order valence-electron chi connectivity index (χ3n) is 4.45. The fourth-order valence-corrected chi connectivity index (χ4v) is 4.02. The van der Waals surface area contributed by atoms with Crippen molar-refractivity contribution in [1.82, 2.24) is 10.0 Å². The normalized spacial score (nSPS) is 21.9. The maximum Gasteiger partial charge on any atom is 0.251 e. The number of rotatable bonds is 5. The predicted octanol–water partition coefficient (Wildman–Crippen LogP) is 2.60. The standard InChI is InChI=1S/C17H26N2O3S/c1-4-18-23(21,22)15-10-7-13(3)16(11-15)17(20)19-14-8-5-12(2)6-9-14/h7,10-12,14,18H,4-6,8-9H2,1-3H3,(H,19,20). The van der Waals surface area contributed by atoms with Crippen LogP contribution in [0.3, 0.4) is 0 Å². The molecule has 6 heteroatoms. The fourth-order valence-electron chi connectivity index (χ4n) is 2.95. The van der Waals surface area contributed by atoms with Crippen molar-refractivity contribution in [1.29, 1.82) is 0 Å². The molecule has 0 heterocycles. The molecule has 0 spiro atoms. The lowest BCUT2D eigenvalue weighted by atomic mass is 9.87. The van der Waals surface area contributed by atoms with Crippen LogP contribution in [0.5, 0.6) is 0 Å². The molecule has 2 N–H and O–H groups in total. The lowest BCUT2D eigenvalue weighted by molar-refractivity contribution is 0.0922. The summed E-state index contributed by atoms with van der Waals surface area (Å²) in [5.74, 6) is 0.536. The molecule has 1 aliphatic carbocycles. The van der Waals surface area contributed by atoms with Gasteiger partial charge < -0.3 is 5.32 Å². The van der Waals surface area contributed by atoms with E-state index in [4.69, 9.17) is 0 Å². The Morgan fingerprint density at radius 3 is 2.48 bits per heavy atom. The molecule has 1 aromatic rings. The summed E-state index contributed by atoms with van der Waals surface area (Å²) in [6.07, 6.45) is 4.22. The Bertz CT molecular complexity index is 662. The fraction of sp³-hybridized carbons (Fsp3) is 0.588. The van der Waals surface area contributed by atoms with Gasteiger partial charge in [-0.15, -0.1) is 0 Å². The SMILES string of the molecule is CCNS(=O)(=O)c1ccc(C)c(C(=O)NC2CCC(C)CC2)c1. The first-order valence-corrected chi connectivity index (χ1v) is 9.73. The van der Waals surface area contributed by atoms with E-state index in [0.29, 0.717) is 12.1 Å². The minimum absolute atomic E-state index is 0.132. The molecule has 0 bridgehead atoms. The molecular weight excluding hydrogens is 312 g/mol. The van der Waals surface area contributed by atoms with Crippen LogP contribution in [0.25, 0.3) is 0 Å². The maximum atomic E-state index is 12.5. The summed E-state index contributed by atoms with van der Waals surface area (Å²) in [5, 5.41) is 3.05. The Morgan fingerprint density at radius 2 is 1.87 bits per heavy atom. The van der Waals surface area contributed by atoms with E-state index in [0.717, 1.165) is 37.2 Å². The van der Waals surface area contributed by atoms with Crippen LogP contribution in [0.1, 0.15) is 55.5 Å². The molecule has 0 aliphatic heterocycles. The van der Waals surface area contributed by atoms with Crippen molar-refractivity contribution in [2.24, 2.45) is 5.92 Å². The lowest BCUT2D eigenvalue weighted by Crippen LogP contribution is -2.37. The highest BCUT2D eigenvalue weighted by atomic mass is 32.2. The third kappa shape index (κ3) is 4.54. The largest absolute Gasteiger partial charge is 0.349 e. The van der Waals surface area contributed by atoms with Crippen LogP contribution in [0.2, 0.25) is 0 Å². The Kier molecular flexibility index (Phi) is 5.81. The second-order valence-electron chi connectivity index (χ2n) is 6.41. The van der Waals surface area contributed by atoms with Gasteiger partial charge in [0, 0.05) is 18.2 Å². The van der Waals surface area contributed by atoms with E-state index in [1.165, 1.54) is 12.1 Å². The molecule has 0 atom stereocenters. The first kappa shape index (κ1) is 17.9. The summed E-state index contributed by atoms with van der Waals surface area (Å²) in [6, 6.07) is 4.87. The molecule has 0 aromatic heterocycles. The molecule has 23 heavy (non-hydrogen) atoms. The van der Waals surface area contributed by atoms with Gasteiger partial charge in [0.1, 0.15) is 0 Å². The van der Waals surface area contributed by atoms with E-state index in [1.54, 1.807) is 13.0 Å². The predicted molar refractivity (Wildman–Crippen MR) is 90.9 cm³/mol. The van der Waals surface area contributed by atoms with Crippen molar-refractivity contribution in [3.05, 3.63) is 29.3 Å². The minimum Gasteiger partial charge on any atom is -0.349 e. The summed E-state index contributed by atoms with van der Waals surface area (Å²) in [6.45, 7) is 6.10. The monoisotopic (exact) mass is 338 g/mol. The second-order valence-corrected chi connectivity index (χ2v) is 8.18. The van der Waals surface area contributed by atoms with Crippen molar-refractivity contribution in [2.45, 2.75) is 57.4 Å². The van der Waals surface area contributed by atoms with Gasteiger partial charge >= 0.3 is 0 Å². The Labute approximate surface area is 138 Å². The zero-order valence-corrected chi connectivity index (χ0v) is 14.9. The average Bonchev–Trinajstić information content (AvgIpc) is 2.49. The van der Waals surface area contributed by atoms with Gasteiger partial charge in [-0.25, -0.2) is 13.1 Å². The molecule has 2 rings (SSSR count). The number of carbonyl (C=O) groups excluding carboxylic acids is 1. The Hall–Kier alpha value is -1.40. The summed E-state index contributed by atoms with van der Waals surface area (Å²) < 4.78 is 26.7. The molecule has 128 valence electrons. The van der Waals surface area contributed by atoms with Crippen LogP contribution < -0.4 is 10.0 Å². The minimum atomic E-state index is -3.55. The first-order valence-electron chi connectivity index (χ1n) is 8.24. The number of hydrogen-bond donors (Lipinski definition) is 2. The highest BCUT2D eigenvalue weighted by Crippen LogP contribution is 2.24. The molecule has 0 radical (unpaired) electrons. The quantitative estimate of drug-likeness (QED) is 0.866. The van der Waals surface area contributed by atoms with E-state index in [2.05, 4.69) is 17.0 Å². The zero-order chi connectivity index (χ0) is 17.0. The summed E-state index contributed by atoms with van der Waals surface area (Å²) in [5.41, 5.74) is 1.21. The summed E-state index contributed by atoms with van der Waals surface area (Å²) >= 11 is 0. The number of hydrogen-bond acceptors (Lipinski definition) is 3. The van der Waals surface area contributed by atoms with Gasteiger partial charge in [-0.3, -0.25) is 4.79 Å². The van der Waals surface area contributed by atoms with Crippen molar-refractivity contribution in [3.8, 4) is 0 Å². The van der Waals surface area contributed by atoms with Gasteiger partial charge in [0.2, 0.25) is 10.0 Å². The maximum absolute atomic E-state index is 12.5. The Morgan fingerprint density at radius 1 is 1.22 bits per heavy atom. The van der Waals surface area contributed by atoms with E-state index < -0.39 is 10.0 Å². The molecule has 1 fully saturated rings. The van der Waals surface area contributed by atoms with Crippen LogP contribution in [0.15, 0.2) is 23.1 Å². The van der Waals surface area contributed by atoms with Crippen LogP contribution in [-0.2, 0) is 10.0 Å². The smallest absolute Gasteiger partial charge is 0.251 e. The van der Waals surface area contributed by atoms with Crippen LogP contribution in [0.4, 0.5) is 0 Å². The van der Waals surface area contributed by atoms with Crippen LogP contribution >= 0.6 is 0 Å². The highest BCUT2D eigenvalue weighted by molar-refractivity contribution is 7.89. The van der Waals surface area contributed by atoms with Crippen molar-refractivity contribution in [3.63, 3.8) is 0 Å². The molecular formula is C17H26N2O3S. The van der Waals surface area contributed by atoms with Gasteiger partial charge in [-0.05, 0) is 56.2 Å². The van der Waals surface area contributed by atoms with Crippen LogP contribution in [0, 0.1) is 12.8 Å². The number of nitrogens with one attached hydrogen (secondary N) is 2. The number of amides is 1. The van der Waals surface area contributed by atoms with Crippen molar-refractivity contribution >= 4 is 15.9 Å². The van der Waals surface area contributed by atoms with Crippen LogP contribution in [-0.4, -0.2) is 26.9 Å². The highest BCUT2D eigenvalue weighted by Gasteiger charge is 2.22. The summed E-state index contributed by atoms with van der Waals surface area (Å²) in [7, 11) is -3.55. The van der Waals surface area contributed by atoms with E-state index in [1.807, 2.05) is 6.92 Å². The molecule has 1 amide bonds. The van der Waals surface area contributed by atoms with Gasteiger partial charge in [0.05, 0.1) is 4.90 Å². The van der Waals surface area contributed by atoms with Crippen molar-refractivity contribution in [2.75, 3.05) is 6.54 Å². The van der Waals surface area contributed by atoms with E-state index in [9.17, 15) is 13.2 Å². The average molecular weight is 338 g/mol.